The first kappa shape index (κ1) is 33.0. The monoisotopic (exact) mass is 726 g/mol. The van der Waals surface area contributed by atoms with E-state index < -0.39 is 5.41 Å². The molecule has 57 heavy (non-hydrogen) atoms. The summed E-state index contributed by atoms with van der Waals surface area (Å²) in [5, 5.41) is 2.49. The highest BCUT2D eigenvalue weighted by Crippen LogP contribution is 2.58. The zero-order chi connectivity index (χ0) is 37.8. The molecule has 1 aliphatic heterocycles. The van der Waals surface area contributed by atoms with Crippen LogP contribution in [0.15, 0.2) is 231 Å². The minimum absolute atomic E-state index is 0.585. The van der Waals surface area contributed by atoms with Crippen molar-refractivity contribution in [2.45, 2.75) is 5.41 Å². The van der Waals surface area contributed by atoms with E-state index in [0.717, 1.165) is 11.4 Å². The fraction of sp³-hybridized carbons (Fsp3) is 0.0182. The van der Waals surface area contributed by atoms with E-state index in [1.807, 2.05) is 0 Å². The third-order valence-corrected chi connectivity index (χ3v) is 11.9. The van der Waals surface area contributed by atoms with Gasteiger partial charge in [-0.1, -0.05) is 170 Å². The predicted octanol–water partition coefficient (Wildman–Crippen LogP) is 14.3. The third-order valence-electron chi connectivity index (χ3n) is 11.9. The molecule has 0 saturated heterocycles. The van der Waals surface area contributed by atoms with E-state index in [2.05, 4.69) is 240 Å². The second kappa shape index (κ2) is 13.4. The number of anilines is 3. The van der Waals surface area contributed by atoms with Crippen LogP contribution < -0.4 is 4.90 Å². The number of fused-ring (bicyclic) bond motifs is 5. The molecule has 1 aliphatic rings. The summed E-state index contributed by atoms with van der Waals surface area (Å²) in [5.41, 5.74) is 16.2. The lowest BCUT2D eigenvalue weighted by Crippen LogP contribution is -2.37. The first-order valence-corrected chi connectivity index (χ1v) is 19.7. The Morgan fingerprint density at radius 2 is 0.807 bits per heavy atom. The van der Waals surface area contributed by atoms with Crippen molar-refractivity contribution in [3.8, 4) is 27.9 Å². The minimum atomic E-state index is -0.585. The van der Waals surface area contributed by atoms with Crippen LogP contribution in [0.3, 0.4) is 0 Å². The van der Waals surface area contributed by atoms with Gasteiger partial charge in [-0.3, -0.25) is 0 Å². The Bertz CT molecular complexity index is 3000. The van der Waals surface area contributed by atoms with Crippen molar-refractivity contribution in [2.24, 2.45) is 0 Å². The molecule has 0 saturated carbocycles. The average molecular weight is 727 g/mol. The lowest BCUT2D eigenvalue weighted by atomic mass is 9.62. The fourth-order valence-electron chi connectivity index (χ4n) is 9.36. The Kier molecular flexibility index (Phi) is 7.75. The minimum Gasteiger partial charge on any atom is -0.310 e. The van der Waals surface area contributed by atoms with Crippen molar-refractivity contribution < 1.29 is 0 Å². The molecule has 0 spiro atoms. The van der Waals surface area contributed by atoms with E-state index in [4.69, 9.17) is 0 Å². The molecule has 11 rings (SSSR count). The Morgan fingerprint density at radius 3 is 1.53 bits per heavy atom. The highest BCUT2D eigenvalue weighted by Gasteiger charge is 2.46. The maximum atomic E-state index is 2.47. The zero-order valence-electron chi connectivity index (χ0n) is 31.3. The summed E-state index contributed by atoms with van der Waals surface area (Å²) in [4.78, 5) is 2.46. The fourth-order valence-corrected chi connectivity index (χ4v) is 9.36. The van der Waals surface area contributed by atoms with Crippen LogP contribution in [-0.2, 0) is 5.41 Å². The Hall–Kier alpha value is -7.42. The molecule has 2 nitrogen and oxygen atoms in total. The second-order valence-electron chi connectivity index (χ2n) is 14.9. The van der Waals surface area contributed by atoms with Gasteiger partial charge in [0.1, 0.15) is 0 Å². The number of hydrogen-bond donors (Lipinski definition) is 0. The molecule has 2 heteroatoms. The van der Waals surface area contributed by atoms with Gasteiger partial charge in [-0.2, -0.15) is 0 Å². The van der Waals surface area contributed by atoms with Gasteiger partial charge in [0.15, 0.2) is 0 Å². The standard InChI is InChI=1S/C55H38N2/c1-5-17-39(18-6-1)40-29-33-46(34-30-40)57-53-28-16-14-26-49(53)55(43-19-7-2-8-20-43,44-21-9-3-10-22-44)50-38-42(32-36-54(50)57)41-31-35-52-48(37-41)47-25-13-15-27-51(47)56(52)45-23-11-4-12-24-45/h1-38H. The van der Waals surface area contributed by atoms with Crippen LogP contribution in [0.4, 0.5) is 17.1 Å². The van der Waals surface area contributed by atoms with Crippen molar-refractivity contribution in [1.82, 2.24) is 4.57 Å². The molecule has 0 atom stereocenters. The summed E-state index contributed by atoms with van der Waals surface area (Å²) in [6, 6.07) is 84.4. The van der Waals surface area contributed by atoms with Crippen molar-refractivity contribution >= 4 is 38.9 Å². The van der Waals surface area contributed by atoms with Gasteiger partial charge in [0, 0.05) is 22.1 Å². The molecule has 2 heterocycles. The van der Waals surface area contributed by atoms with Gasteiger partial charge >= 0.3 is 0 Å². The number of aromatic nitrogens is 1. The molecule has 0 fully saturated rings. The number of hydrogen-bond acceptors (Lipinski definition) is 1. The van der Waals surface area contributed by atoms with Gasteiger partial charge in [0.2, 0.25) is 0 Å². The molecule has 0 radical (unpaired) electrons. The molecule has 0 amide bonds. The van der Waals surface area contributed by atoms with Crippen molar-refractivity contribution in [3.63, 3.8) is 0 Å². The summed E-state index contributed by atoms with van der Waals surface area (Å²) < 4.78 is 2.38. The van der Waals surface area contributed by atoms with Crippen molar-refractivity contribution in [3.05, 3.63) is 253 Å². The summed E-state index contributed by atoms with van der Waals surface area (Å²) in [5.74, 6) is 0. The maximum absolute atomic E-state index is 2.47. The quantitative estimate of drug-likeness (QED) is 0.166. The summed E-state index contributed by atoms with van der Waals surface area (Å²) in [7, 11) is 0. The molecule has 0 bridgehead atoms. The van der Waals surface area contributed by atoms with Crippen LogP contribution in [0.1, 0.15) is 22.3 Å². The predicted molar refractivity (Wildman–Crippen MR) is 238 cm³/mol. The molecule has 268 valence electrons. The van der Waals surface area contributed by atoms with Gasteiger partial charge in [0.05, 0.1) is 27.8 Å². The van der Waals surface area contributed by atoms with Crippen LogP contribution >= 0.6 is 0 Å². The first-order valence-electron chi connectivity index (χ1n) is 19.7. The van der Waals surface area contributed by atoms with Crippen molar-refractivity contribution in [1.29, 1.82) is 0 Å². The van der Waals surface area contributed by atoms with E-state index in [0.29, 0.717) is 0 Å². The molecular formula is C55H38N2. The summed E-state index contributed by atoms with van der Waals surface area (Å²) in [6.45, 7) is 0. The molecule has 0 aliphatic carbocycles. The van der Waals surface area contributed by atoms with Crippen molar-refractivity contribution in [2.75, 3.05) is 4.90 Å². The highest BCUT2D eigenvalue weighted by molar-refractivity contribution is 6.10. The molecule has 9 aromatic carbocycles. The van der Waals surface area contributed by atoms with Crippen LogP contribution in [0, 0.1) is 0 Å². The van der Waals surface area contributed by atoms with Gasteiger partial charge in [-0.15, -0.1) is 0 Å². The highest BCUT2D eigenvalue weighted by atomic mass is 15.2. The van der Waals surface area contributed by atoms with E-state index in [-0.39, 0.29) is 0 Å². The third kappa shape index (κ3) is 5.18. The van der Waals surface area contributed by atoms with Gasteiger partial charge in [-0.05, 0) is 105 Å². The first-order chi connectivity index (χ1) is 28.3. The lowest BCUT2D eigenvalue weighted by Gasteiger charge is -2.46. The van der Waals surface area contributed by atoms with E-state index in [9.17, 15) is 0 Å². The summed E-state index contributed by atoms with van der Waals surface area (Å²) >= 11 is 0. The molecule has 10 aromatic rings. The molecule has 0 unspecified atom stereocenters. The van der Waals surface area contributed by atoms with Crippen LogP contribution in [0.5, 0.6) is 0 Å². The topological polar surface area (TPSA) is 8.17 Å². The maximum Gasteiger partial charge on any atom is 0.0742 e. The smallest absolute Gasteiger partial charge is 0.0742 e. The largest absolute Gasteiger partial charge is 0.310 e. The lowest BCUT2D eigenvalue weighted by molar-refractivity contribution is 0.731. The van der Waals surface area contributed by atoms with Crippen LogP contribution in [0.25, 0.3) is 49.7 Å². The second-order valence-corrected chi connectivity index (χ2v) is 14.9. The number of rotatable bonds is 6. The zero-order valence-corrected chi connectivity index (χ0v) is 31.3. The molecular weight excluding hydrogens is 689 g/mol. The van der Waals surface area contributed by atoms with E-state index >= 15 is 0 Å². The van der Waals surface area contributed by atoms with E-state index in [1.54, 1.807) is 0 Å². The molecule has 0 N–H and O–H groups in total. The number of benzene rings is 9. The average Bonchev–Trinajstić information content (AvgIpc) is 3.63. The Labute approximate surface area is 333 Å². The Balaban J connectivity index is 1.17. The normalized spacial score (nSPS) is 13.0. The number of nitrogens with zero attached hydrogens (tertiary/aromatic N) is 2. The molecule has 1 aromatic heterocycles. The van der Waals surface area contributed by atoms with Gasteiger partial charge in [-0.25, -0.2) is 0 Å². The Morgan fingerprint density at radius 1 is 0.298 bits per heavy atom. The summed E-state index contributed by atoms with van der Waals surface area (Å²) in [6.07, 6.45) is 0. The SMILES string of the molecule is c1ccc(-c2ccc(N3c4ccccc4C(c4ccccc4)(c4ccccc4)c4cc(-c5ccc6c(c5)c5ccccc5n6-c5ccccc5)ccc43)cc2)cc1. The van der Waals surface area contributed by atoms with Gasteiger partial charge in [0.25, 0.3) is 0 Å². The van der Waals surface area contributed by atoms with Crippen LogP contribution in [-0.4, -0.2) is 4.57 Å². The van der Waals surface area contributed by atoms with Crippen LogP contribution in [0.2, 0.25) is 0 Å². The van der Waals surface area contributed by atoms with Gasteiger partial charge < -0.3 is 9.47 Å². The van der Waals surface area contributed by atoms with E-state index in [1.165, 1.54) is 77.7 Å². The number of para-hydroxylation sites is 3.